The van der Waals surface area contributed by atoms with Gasteiger partial charge < -0.3 is 9.84 Å². The average molecular weight is 429 g/mol. The summed E-state index contributed by atoms with van der Waals surface area (Å²) in [7, 11) is 0. The van der Waals surface area contributed by atoms with E-state index in [0.29, 0.717) is 5.75 Å². The fourth-order valence-corrected chi connectivity index (χ4v) is 4.35. The minimum absolute atomic E-state index is 0.638. The molecule has 0 aromatic heterocycles. The van der Waals surface area contributed by atoms with Crippen LogP contribution in [0.5, 0.6) is 11.5 Å². The number of ether oxygens (including phenoxy) is 1. The Bertz CT molecular complexity index is 1170. The van der Waals surface area contributed by atoms with Crippen molar-refractivity contribution in [1.82, 2.24) is 0 Å². The number of halogens is 1. The first-order valence-corrected chi connectivity index (χ1v) is 9.92. The first kappa shape index (κ1) is 17.2. The quantitative estimate of drug-likeness (QED) is 0.403. The number of rotatable bonds is 3. The highest BCUT2D eigenvalue weighted by atomic mass is 79.9. The third-order valence-electron chi connectivity index (χ3n) is 5.23. The summed E-state index contributed by atoms with van der Waals surface area (Å²) in [5, 5.41) is 12.1. The van der Waals surface area contributed by atoms with Crippen LogP contribution in [0, 0.1) is 0 Å². The van der Waals surface area contributed by atoms with Crippen LogP contribution in [-0.4, -0.2) is 5.11 Å². The molecule has 5 rings (SSSR count). The number of fused-ring (bicyclic) bond motifs is 3. The van der Waals surface area contributed by atoms with Crippen LogP contribution < -0.4 is 4.74 Å². The van der Waals surface area contributed by atoms with E-state index in [4.69, 9.17) is 4.74 Å². The van der Waals surface area contributed by atoms with Gasteiger partial charge in [0.25, 0.3) is 0 Å². The molecule has 4 aromatic carbocycles. The Morgan fingerprint density at radius 1 is 0.643 bits per heavy atom. The van der Waals surface area contributed by atoms with Gasteiger partial charge in [0.2, 0.25) is 0 Å². The van der Waals surface area contributed by atoms with E-state index in [1.54, 1.807) is 0 Å². The van der Waals surface area contributed by atoms with Crippen molar-refractivity contribution in [2.24, 2.45) is 0 Å². The van der Waals surface area contributed by atoms with Gasteiger partial charge in [0.15, 0.2) is 0 Å². The van der Waals surface area contributed by atoms with E-state index in [0.717, 1.165) is 38.0 Å². The number of para-hydroxylation sites is 2. The summed E-state index contributed by atoms with van der Waals surface area (Å²) in [5.41, 5.74) is 3.24. The zero-order chi connectivity index (χ0) is 19.1. The predicted molar refractivity (Wildman–Crippen MR) is 115 cm³/mol. The maximum Gasteiger partial charge on any atom is 0.145 e. The van der Waals surface area contributed by atoms with Gasteiger partial charge in [-0.3, -0.25) is 0 Å². The molecule has 1 aliphatic carbocycles. The van der Waals surface area contributed by atoms with E-state index in [-0.39, 0.29) is 0 Å². The molecule has 4 aromatic rings. The van der Waals surface area contributed by atoms with Gasteiger partial charge in [-0.1, -0.05) is 82.7 Å². The molecule has 0 radical (unpaired) electrons. The molecule has 0 saturated carbocycles. The van der Waals surface area contributed by atoms with Crippen molar-refractivity contribution < 1.29 is 9.84 Å². The Morgan fingerprint density at radius 3 is 2.11 bits per heavy atom. The molecule has 0 aliphatic heterocycles. The van der Waals surface area contributed by atoms with Crippen LogP contribution in [0.25, 0.3) is 11.1 Å². The van der Waals surface area contributed by atoms with Gasteiger partial charge in [0.05, 0.1) is 0 Å². The second-order valence-corrected chi connectivity index (χ2v) is 7.77. The minimum atomic E-state index is -1.29. The minimum Gasteiger partial charge on any atom is -0.457 e. The molecule has 1 aliphatic rings. The van der Waals surface area contributed by atoms with Crippen LogP contribution >= 0.6 is 15.9 Å². The lowest BCUT2D eigenvalue weighted by atomic mass is 9.84. The zero-order valence-electron chi connectivity index (χ0n) is 15.0. The van der Waals surface area contributed by atoms with Crippen molar-refractivity contribution in [2.45, 2.75) is 5.60 Å². The molecule has 136 valence electrons. The Balaban J connectivity index is 1.75. The molecule has 0 spiro atoms. The Hall–Kier alpha value is -2.88. The zero-order valence-corrected chi connectivity index (χ0v) is 16.6. The maximum atomic E-state index is 12.1. The Kier molecular flexibility index (Phi) is 4.08. The van der Waals surface area contributed by atoms with Gasteiger partial charge in [-0.25, -0.2) is 0 Å². The van der Waals surface area contributed by atoms with E-state index in [9.17, 15) is 5.11 Å². The van der Waals surface area contributed by atoms with Crippen LogP contribution in [0.15, 0.2) is 102 Å². The summed E-state index contributed by atoms with van der Waals surface area (Å²) in [6.07, 6.45) is 0. The monoisotopic (exact) mass is 428 g/mol. The maximum absolute atomic E-state index is 12.1. The van der Waals surface area contributed by atoms with Crippen molar-refractivity contribution in [3.63, 3.8) is 0 Å². The van der Waals surface area contributed by atoms with E-state index in [2.05, 4.69) is 28.1 Å². The Morgan fingerprint density at radius 2 is 1.29 bits per heavy atom. The fraction of sp³-hybridized carbons (Fsp3) is 0.0400. The van der Waals surface area contributed by atoms with E-state index < -0.39 is 5.60 Å². The highest BCUT2D eigenvalue weighted by Crippen LogP contribution is 2.53. The van der Waals surface area contributed by atoms with Crippen LogP contribution in [0.2, 0.25) is 0 Å². The third-order valence-corrected chi connectivity index (χ3v) is 5.72. The number of hydrogen-bond donors (Lipinski definition) is 1. The van der Waals surface area contributed by atoms with E-state index in [1.807, 2.05) is 84.9 Å². The topological polar surface area (TPSA) is 29.5 Å². The SMILES string of the molecule is O[C@@]1(c2ccccc2Oc2ccccc2)c2ccccc2-c2ccc(Br)cc21. The summed E-state index contributed by atoms with van der Waals surface area (Å²) < 4.78 is 7.11. The molecule has 1 N–H and O–H groups in total. The van der Waals surface area contributed by atoms with Crippen molar-refractivity contribution in [1.29, 1.82) is 0 Å². The second kappa shape index (κ2) is 6.62. The Labute approximate surface area is 172 Å². The molecule has 0 heterocycles. The van der Waals surface area contributed by atoms with Gasteiger partial charge in [-0.15, -0.1) is 0 Å². The van der Waals surface area contributed by atoms with Crippen LogP contribution in [-0.2, 0) is 5.60 Å². The van der Waals surface area contributed by atoms with Crippen LogP contribution in [0.3, 0.4) is 0 Å². The van der Waals surface area contributed by atoms with Gasteiger partial charge in [0.1, 0.15) is 17.1 Å². The highest BCUT2D eigenvalue weighted by Gasteiger charge is 2.44. The lowest BCUT2D eigenvalue weighted by Gasteiger charge is -2.28. The summed E-state index contributed by atoms with van der Waals surface area (Å²) in [6.45, 7) is 0. The number of benzene rings is 4. The lowest BCUT2D eigenvalue weighted by Crippen LogP contribution is -2.26. The summed E-state index contributed by atoms with van der Waals surface area (Å²) in [6, 6.07) is 31.4. The molecule has 28 heavy (non-hydrogen) atoms. The second-order valence-electron chi connectivity index (χ2n) is 6.86. The van der Waals surface area contributed by atoms with E-state index in [1.165, 1.54) is 0 Å². The first-order valence-electron chi connectivity index (χ1n) is 9.12. The standard InChI is InChI=1S/C25H17BrO2/c26-17-14-15-20-19-10-4-5-11-21(19)25(27,23(20)16-17)22-12-6-7-13-24(22)28-18-8-2-1-3-9-18/h1-16,27H/t25-/m1/s1. The van der Waals surface area contributed by atoms with Crippen molar-refractivity contribution in [2.75, 3.05) is 0 Å². The van der Waals surface area contributed by atoms with Crippen molar-refractivity contribution in [3.05, 3.63) is 118 Å². The largest absolute Gasteiger partial charge is 0.457 e. The van der Waals surface area contributed by atoms with Gasteiger partial charge in [0, 0.05) is 21.2 Å². The number of aliphatic hydroxyl groups is 1. The van der Waals surface area contributed by atoms with Gasteiger partial charge >= 0.3 is 0 Å². The van der Waals surface area contributed by atoms with Crippen LogP contribution in [0.4, 0.5) is 0 Å². The lowest BCUT2D eigenvalue weighted by molar-refractivity contribution is 0.128. The van der Waals surface area contributed by atoms with Crippen LogP contribution in [0.1, 0.15) is 16.7 Å². The molecule has 0 unspecified atom stereocenters. The first-order chi connectivity index (χ1) is 13.7. The summed E-state index contributed by atoms with van der Waals surface area (Å²) in [4.78, 5) is 0. The predicted octanol–water partition coefficient (Wildman–Crippen LogP) is 6.51. The molecule has 0 saturated heterocycles. The van der Waals surface area contributed by atoms with Gasteiger partial charge in [-0.05, 0) is 41.5 Å². The highest BCUT2D eigenvalue weighted by molar-refractivity contribution is 9.10. The molecular weight excluding hydrogens is 412 g/mol. The van der Waals surface area contributed by atoms with Crippen molar-refractivity contribution >= 4 is 15.9 Å². The summed E-state index contributed by atoms with van der Waals surface area (Å²) >= 11 is 3.56. The third kappa shape index (κ3) is 2.59. The number of hydrogen-bond acceptors (Lipinski definition) is 2. The molecule has 3 heteroatoms. The van der Waals surface area contributed by atoms with E-state index >= 15 is 0 Å². The fourth-order valence-electron chi connectivity index (χ4n) is 3.99. The molecule has 1 atom stereocenters. The van der Waals surface area contributed by atoms with Crippen molar-refractivity contribution in [3.8, 4) is 22.6 Å². The summed E-state index contributed by atoms with van der Waals surface area (Å²) in [5.74, 6) is 1.37. The van der Waals surface area contributed by atoms with Gasteiger partial charge in [-0.2, -0.15) is 0 Å². The molecular formula is C25H17BrO2. The molecule has 0 amide bonds. The average Bonchev–Trinajstić information content (AvgIpc) is 2.98. The normalized spacial score (nSPS) is 17.1. The molecule has 0 bridgehead atoms. The molecule has 2 nitrogen and oxygen atoms in total. The smallest absolute Gasteiger partial charge is 0.145 e. The molecule has 0 fully saturated rings.